The quantitative estimate of drug-likeness (QED) is 0.926. The van der Waals surface area contributed by atoms with E-state index in [9.17, 15) is 14.0 Å². The summed E-state index contributed by atoms with van der Waals surface area (Å²) < 4.78 is 13.6. The molecule has 0 bridgehead atoms. The summed E-state index contributed by atoms with van der Waals surface area (Å²) in [6.07, 6.45) is 1.89. The van der Waals surface area contributed by atoms with Gasteiger partial charge in [-0.2, -0.15) is 0 Å². The number of nitrogens with one attached hydrogen (secondary N) is 1. The molecule has 0 spiro atoms. The highest BCUT2D eigenvalue weighted by Crippen LogP contribution is 2.38. The zero-order valence-corrected chi connectivity index (χ0v) is 13.6. The molecule has 1 aliphatic carbocycles. The van der Waals surface area contributed by atoms with E-state index in [1.165, 1.54) is 12.1 Å². The van der Waals surface area contributed by atoms with Crippen molar-refractivity contribution >= 4 is 11.8 Å². The summed E-state index contributed by atoms with van der Waals surface area (Å²) in [5.74, 6) is -0.548. The smallest absolute Gasteiger partial charge is 0.225 e. The molecule has 2 atom stereocenters. The lowest BCUT2D eigenvalue weighted by Crippen LogP contribution is -2.39. The van der Waals surface area contributed by atoms with Crippen LogP contribution in [0.15, 0.2) is 24.3 Å². The van der Waals surface area contributed by atoms with Crippen molar-refractivity contribution in [1.29, 1.82) is 0 Å². The Morgan fingerprint density at radius 3 is 2.61 bits per heavy atom. The number of carbonyl (C=O) groups excluding carboxylic acids is 2. The fourth-order valence-electron chi connectivity index (χ4n) is 3.30. The Kier molecular flexibility index (Phi) is 4.37. The van der Waals surface area contributed by atoms with Gasteiger partial charge in [-0.25, -0.2) is 4.39 Å². The Morgan fingerprint density at radius 2 is 2.00 bits per heavy atom. The molecule has 1 heterocycles. The van der Waals surface area contributed by atoms with Crippen LogP contribution in [0.2, 0.25) is 0 Å². The van der Waals surface area contributed by atoms with E-state index < -0.39 is 0 Å². The summed E-state index contributed by atoms with van der Waals surface area (Å²) >= 11 is 0. The van der Waals surface area contributed by atoms with E-state index >= 15 is 0 Å². The monoisotopic (exact) mass is 318 g/mol. The third-order valence-electron chi connectivity index (χ3n) is 4.60. The Morgan fingerprint density at radius 1 is 1.26 bits per heavy atom. The van der Waals surface area contributed by atoms with Gasteiger partial charge in [0.15, 0.2) is 0 Å². The average Bonchev–Trinajstić information content (AvgIpc) is 3.23. The number of amides is 2. The zero-order valence-electron chi connectivity index (χ0n) is 13.6. The lowest BCUT2D eigenvalue weighted by Gasteiger charge is -2.19. The summed E-state index contributed by atoms with van der Waals surface area (Å²) in [7, 11) is 0. The molecule has 2 amide bonds. The lowest BCUT2D eigenvalue weighted by molar-refractivity contribution is -0.132. The summed E-state index contributed by atoms with van der Waals surface area (Å²) in [5.41, 5.74) is 0.792. The average molecular weight is 318 g/mol. The van der Waals surface area contributed by atoms with E-state index in [0.717, 1.165) is 18.4 Å². The zero-order chi connectivity index (χ0) is 16.6. The van der Waals surface area contributed by atoms with Crippen LogP contribution in [0, 0.1) is 17.7 Å². The van der Waals surface area contributed by atoms with Crippen LogP contribution in [-0.4, -0.2) is 35.8 Å². The number of hydrogen-bond acceptors (Lipinski definition) is 2. The van der Waals surface area contributed by atoms with Crippen molar-refractivity contribution in [3.8, 4) is 0 Å². The van der Waals surface area contributed by atoms with Gasteiger partial charge in [-0.3, -0.25) is 9.59 Å². The molecule has 2 unspecified atom stereocenters. The maximum Gasteiger partial charge on any atom is 0.225 e. The van der Waals surface area contributed by atoms with Crippen LogP contribution >= 0.6 is 0 Å². The molecule has 1 N–H and O–H groups in total. The summed E-state index contributed by atoms with van der Waals surface area (Å²) in [6.45, 7) is 4.75. The third kappa shape index (κ3) is 3.54. The van der Waals surface area contributed by atoms with Gasteiger partial charge in [-0.05, 0) is 44.4 Å². The molecule has 2 aliphatic rings. The first-order chi connectivity index (χ1) is 11.0. The Hall–Kier alpha value is -1.91. The highest BCUT2D eigenvalue weighted by molar-refractivity contribution is 5.85. The molecule has 5 heteroatoms. The van der Waals surface area contributed by atoms with Crippen LogP contribution < -0.4 is 5.32 Å². The number of rotatable bonds is 4. The predicted molar refractivity (Wildman–Crippen MR) is 85.2 cm³/mol. The van der Waals surface area contributed by atoms with E-state index in [1.54, 1.807) is 11.0 Å². The molecule has 1 aromatic carbocycles. The molecule has 23 heavy (non-hydrogen) atoms. The maximum atomic E-state index is 13.6. The van der Waals surface area contributed by atoms with Gasteiger partial charge >= 0.3 is 0 Å². The first-order valence-electron chi connectivity index (χ1n) is 8.30. The summed E-state index contributed by atoms with van der Waals surface area (Å²) in [6, 6.07) is 6.42. The van der Waals surface area contributed by atoms with E-state index in [4.69, 9.17) is 0 Å². The summed E-state index contributed by atoms with van der Waals surface area (Å²) in [5, 5.41) is 2.93. The molecular weight excluding hydrogens is 295 g/mol. The lowest BCUT2D eigenvalue weighted by atomic mass is 9.88. The van der Waals surface area contributed by atoms with E-state index in [2.05, 4.69) is 5.32 Å². The van der Waals surface area contributed by atoms with Crippen molar-refractivity contribution in [3.05, 3.63) is 35.6 Å². The Labute approximate surface area is 136 Å². The second kappa shape index (κ2) is 6.30. The minimum absolute atomic E-state index is 0.0452. The number of hydrogen-bond donors (Lipinski definition) is 1. The molecule has 1 saturated heterocycles. The van der Waals surface area contributed by atoms with Gasteiger partial charge in [0.2, 0.25) is 11.8 Å². The fraction of sp³-hybridized carbons (Fsp3) is 0.556. The Balaban J connectivity index is 1.83. The van der Waals surface area contributed by atoms with Crippen LogP contribution in [0.1, 0.15) is 38.2 Å². The van der Waals surface area contributed by atoms with Gasteiger partial charge in [-0.15, -0.1) is 0 Å². The Bertz CT molecular complexity index is 613. The molecular formula is C18H23FN2O2. The standard InChI is InChI=1S/C18H23FN2O2/c1-11(2)20-17(22)16-10-21(18(23)12-6-7-12)9-15(16)13-4-3-5-14(19)8-13/h3-5,8,11-12,15-16H,6-7,9-10H2,1-2H3,(H,20,22). The molecule has 0 aromatic heterocycles. The van der Waals surface area contributed by atoms with E-state index in [-0.39, 0.29) is 41.4 Å². The van der Waals surface area contributed by atoms with Crippen LogP contribution in [-0.2, 0) is 9.59 Å². The molecule has 1 saturated carbocycles. The van der Waals surface area contributed by atoms with Gasteiger partial charge in [0.05, 0.1) is 5.92 Å². The van der Waals surface area contributed by atoms with Crippen molar-refractivity contribution in [3.63, 3.8) is 0 Å². The fourth-order valence-corrected chi connectivity index (χ4v) is 3.30. The minimum atomic E-state index is -0.318. The first kappa shape index (κ1) is 16.0. The molecule has 124 valence electrons. The van der Waals surface area contributed by atoms with Gasteiger partial charge in [-0.1, -0.05) is 12.1 Å². The van der Waals surface area contributed by atoms with E-state index in [1.807, 2.05) is 19.9 Å². The predicted octanol–water partition coefficient (Wildman–Crippen LogP) is 2.30. The van der Waals surface area contributed by atoms with Gasteiger partial charge in [0, 0.05) is 31.0 Å². The first-order valence-corrected chi connectivity index (χ1v) is 8.30. The summed E-state index contributed by atoms with van der Waals surface area (Å²) in [4.78, 5) is 26.7. The van der Waals surface area contributed by atoms with Crippen molar-refractivity contribution in [2.75, 3.05) is 13.1 Å². The van der Waals surface area contributed by atoms with Crippen LogP contribution in [0.3, 0.4) is 0 Å². The van der Waals surface area contributed by atoms with Crippen molar-refractivity contribution in [2.45, 2.75) is 38.6 Å². The number of carbonyl (C=O) groups is 2. The van der Waals surface area contributed by atoms with Crippen molar-refractivity contribution in [1.82, 2.24) is 10.2 Å². The van der Waals surface area contributed by atoms with Gasteiger partial charge in [0.1, 0.15) is 5.82 Å². The van der Waals surface area contributed by atoms with E-state index in [0.29, 0.717) is 13.1 Å². The van der Waals surface area contributed by atoms with Gasteiger partial charge < -0.3 is 10.2 Å². The highest BCUT2D eigenvalue weighted by atomic mass is 19.1. The molecule has 0 radical (unpaired) electrons. The molecule has 4 nitrogen and oxygen atoms in total. The molecule has 1 aromatic rings. The molecule has 1 aliphatic heterocycles. The second-order valence-corrected chi connectivity index (χ2v) is 6.95. The van der Waals surface area contributed by atoms with Crippen LogP contribution in [0.5, 0.6) is 0 Å². The van der Waals surface area contributed by atoms with Crippen LogP contribution in [0.4, 0.5) is 4.39 Å². The van der Waals surface area contributed by atoms with Crippen LogP contribution in [0.25, 0.3) is 0 Å². The molecule has 2 fully saturated rings. The number of benzene rings is 1. The number of nitrogens with zero attached hydrogens (tertiary/aromatic N) is 1. The SMILES string of the molecule is CC(C)NC(=O)C1CN(C(=O)C2CC2)CC1c1cccc(F)c1. The molecule has 3 rings (SSSR count). The van der Waals surface area contributed by atoms with Crippen molar-refractivity contribution < 1.29 is 14.0 Å². The highest BCUT2D eigenvalue weighted by Gasteiger charge is 2.43. The second-order valence-electron chi connectivity index (χ2n) is 6.95. The minimum Gasteiger partial charge on any atom is -0.354 e. The largest absolute Gasteiger partial charge is 0.354 e. The third-order valence-corrected chi connectivity index (χ3v) is 4.60. The normalized spacial score (nSPS) is 24.1. The van der Waals surface area contributed by atoms with Crippen molar-refractivity contribution in [2.24, 2.45) is 11.8 Å². The topological polar surface area (TPSA) is 49.4 Å². The maximum absolute atomic E-state index is 13.6. The van der Waals surface area contributed by atoms with Gasteiger partial charge in [0.25, 0.3) is 0 Å². The number of halogens is 1. The number of likely N-dealkylation sites (tertiary alicyclic amines) is 1.